The second kappa shape index (κ2) is 7.79. The molecule has 1 aliphatic heterocycles. The second-order valence-corrected chi connectivity index (χ2v) is 8.81. The Morgan fingerprint density at radius 2 is 1.97 bits per heavy atom. The van der Waals surface area contributed by atoms with Crippen LogP contribution in [0.1, 0.15) is 12.0 Å². The highest BCUT2D eigenvalue weighted by Crippen LogP contribution is 2.38. The third-order valence-corrected chi connectivity index (χ3v) is 6.95. The van der Waals surface area contributed by atoms with Crippen LogP contribution >= 0.6 is 11.6 Å². The van der Waals surface area contributed by atoms with E-state index < -0.39 is 43.7 Å². The van der Waals surface area contributed by atoms with Gasteiger partial charge in [0.2, 0.25) is 5.28 Å². The van der Waals surface area contributed by atoms with Crippen molar-refractivity contribution < 1.29 is 31.1 Å². The lowest BCUT2D eigenvalue weighted by molar-refractivity contribution is -0.142. The number of aromatic nitrogens is 2. The van der Waals surface area contributed by atoms with Gasteiger partial charge in [-0.15, -0.1) is 0 Å². The fourth-order valence-corrected chi connectivity index (χ4v) is 5.30. The molecule has 2 unspecified atom stereocenters. The maximum atomic E-state index is 13.3. The highest BCUT2D eigenvalue weighted by atomic mass is 35.5. The molecule has 0 bridgehead atoms. The lowest BCUT2D eigenvalue weighted by Gasteiger charge is -2.23. The van der Waals surface area contributed by atoms with E-state index in [0.717, 1.165) is 19.2 Å². The van der Waals surface area contributed by atoms with Crippen molar-refractivity contribution in [1.82, 2.24) is 9.97 Å². The van der Waals surface area contributed by atoms with Crippen molar-refractivity contribution in [3.05, 3.63) is 47.4 Å². The highest BCUT2D eigenvalue weighted by Gasteiger charge is 2.47. The van der Waals surface area contributed by atoms with E-state index in [0.29, 0.717) is 6.07 Å². The maximum Gasteiger partial charge on any atom is 0.417 e. The number of anilines is 1. The molecule has 2 atom stereocenters. The summed E-state index contributed by atoms with van der Waals surface area (Å²) < 4.78 is 70.9. The molecule has 12 heteroatoms. The molecule has 1 aliphatic rings. The molecule has 0 spiro atoms. The number of ether oxygens (including phenoxy) is 1. The summed E-state index contributed by atoms with van der Waals surface area (Å²) in [7, 11) is -3.29. The van der Waals surface area contributed by atoms with Gasteiger partial charge in [-0.2, -0.15) is 13.2 Å². The monoisotopic (exact) mass is 449 g/mol. The zero-order valence-electron chi connectivity index (χ0n) is 14.9. The Balaban J connectivity index is 2.03. The molecule has 7 nitrogen and oxygen atoms in total. The van der Waals surface area contributed by atoms with Crippen LogP contribution in [0.2, 0.25) is 5.28 Å². The first kappa shape index (κ1) is 21.3. The Bertz CT molecular complexity index is 1030. The third kappa shape index (κ3) is 4.15. The smallest absolute Gasteiger partial charge is 0.417 e. The van der Waals surface area contributed by atoms with Gasteiger partial charge in [0, 0.05) is 12.7 Å². The number of sulfone groups is 1. The molecule has 156 valence electrons. The summed E-state index contributed by atoms with van der Waals surface area (Å²) in [5, 5.41) is -1.41. The zero-order valence-corrected chi connectivity index (χ0v) is 16.5. The van der Waals surface area contributed by atoms with Crippen LogP contribution in [0.15, 0.2) is 41.4 Å². The molecule has 2 heterocycles. The molecule has 1 saturated heterocycles. The predicted molar refractivity (Wildman–Crippen MR) is 97.2 cm³/mol. The summed E-state index contributed by atoms with van der Waals surface area (Å²) in [4.78, 5) is 20.4. The third-order valence-electron chi connectivity index (χ3n) is 4.58. The first-order valence-corrected chi connectivity index (χ1v) is 10.2. The number of esters is 1. The summed E-state index contributed by atoms with van der Waals surface area (Å²) in [5.41, 5.74) is -1.25. The number of nitrogens with zero attached hydrogens (tertiary/aromatic N) is 3. The van der Waals surface area contributed by atoms with Crippen LogP contribution in [0.3, 0.4) is 0 Å². The van der Waals surface area contributed by atoms with Crippen LogP contribution in [0.4, 0.5) is 19.0 Å². The Labute approximate surface area is 169 Å². The zero-order chi connectivity index (χ0) is 21.4. The predicted octanol–water partition coefficient (Wildman–Crippen LogP) is 2.74. The largest absolute Gasteiger partial charge is 0.467 e. The summed E-state index contributed by atoms with van der Waals surface area (Å²) in [6, 6.07) is 4.32. The molecule has 1 aromatic heterocycles. The maximum absolute atomic E-state index is 13.3. The number of halogens is 4. The van der Waals surface area contributed by atoms with Gasteiger partial charge in [-0.3, -0.25) is 0 Å². The number of hydrogen-bond acceptors (Lipinski definition) is 7. The van der Waals surface area contributed by atoms with E-state index >= 15 is 0 Å². The average molecular weight is 450 g/mol. The minimum Gasteiger partial charge on any atom is -0.467 e. The molecule has 0 aliphatic carbocycles. The van der Waals surface area contributed by atoms with Crippen LogP contribution < -0.4 is 4.90 Å². The number of rotatable bonds is 4. The van der Waals surface area contributed by atoms with Crippen molar-refractivity contribution in [3.8, 4) is 0 Å². The number of methoxy groups -OCH3 is 1. The fourth-order valence-electron chi connectivity index (χ4n) is 3.25. The van der Waals surface area contributed by atoms with Gasteiger partial charge < -0.3 is 9.64 Å². The van der Waals surface area contributed by atoms with Crippen LogP contribution in [0.5, 0.6) is 0 Å². The molecule has 0 amide bonds. The van der Waals surface area contributed by atoms with E-state index in [1.54, 1.807) is 0 Å². The van der Waals surface area contributed by atoms with Crippen LogP contribution in [0.25, 0.3) is 0 Å². The van der Waals surface area contributed by atoms with Crippen molar-refractivity contribution in [2.24, 2.45) is 0 Å². The van der Waals surface area contributed by atoms with E-state index in [1.165, 1.54) is 23.2 Å². The number of hydrogen-bond donors (Lipinski definition) is 0. The number of carbonyl (C=O) groups excluding carboxylic acids is 1. The molecule has 0 saturated carbocycles. The van der Waals surface area contributed by atoms with Gasteiger partial charge in [-0.05, 0) is 36.2 Å². The summed E-state index contributed by atoms with van der Waals surface area (Å²) in [6.45, 7) is -0.262. The standard InChI is InChI=1S/C17H15ClF3N3O4S/c1-28-15(25)12-8-10(9-24(12)14-6-7-22-16(18)23-14)29(26,27)13-5-3-2-4-11(13)17(19,20)21/h2-7,10,12H,8-9H2,1H3. The molecule has 3 rings (SSSR count). The van der Waals surface area contributed by atoms with Gasteiger partial charge in [-0.25, -0.2) is 23.2 Å². The van der Waals surface area contributed by atoms with Crippen molar-refractivity contribution in [2.75, 3.05) is 18.6 Å². The van der Waals surface area contributed by atoms with E-state index in [4.69, 9.17) is 16.3 Å². The average Bonchev–Trinajstić information content (AvgIpc) is 3.13. The minimum atomic E-state index is -4.84. The highest BCUT2D eigenvalue weighted by molar-refractivity contribution is 7.92. The SMILES string of the molecule is COC(=O)C1CC(S(=O)(=O)c2ccccc2C(F)(F)F)CN1c1ccnc(Cl)n1. The van der Waals surface area contributed by atoms with Gasteiger partial charge in [0.25, 0.3) is 0 Å². The number of alkyl halides is 3. The van der Waals surface area contributed by atoms with E-state index in [9.17, 15) is 26.4 Å². The Morgan fingerprint density at radius 3 is 2.59 bits per heavy atom. The van der Waals surface area contributed by atoms with Crippen molar-refractivity contribution in [3.63, 3.8) is 0 Å². The molecule has 0 N–H and O–H groups in total. The Morgan fingerprint density at radius 1 is 1.28 bits per heavy atom. The number of benzene rings is 1. The van der Waals surface area contributed by atoms with Crippen LogP contribution in [-0.4, -0.2) is 49.3 Å². The summed E-state index contributed by atoms with van der Waals surface area (Å²) >= 11 is 5.77. The molecule has 2 aromatic rings. The number of carbonyl (C=O) groups is 1. The van der Waals surface area contributed by atoms with Gasteiger partial charge in [0.1, 0.15) is 11.9 Å². The minimum absolute atomic E-state index is 0.125. The topological polar surface area (TPSA) is 89.5 Å². The van der Waals surface area contributed by atoms with Gasteiger partial charge in [0.05, 0.1) is 22.8 Å². The van der Waals surface area contributed by atoms with Gasteiger partial charge in [-0.1, -0.05) is 12.1 Å². The quantitative estimate of drug-likeness (QED) is 0.523. The Hall–Kier alpha value is -2.40. The molecule has 1 fully saturated rings. The van der Waals surface area contributed by atoms with Crippen molar-refractivity contribution >= 4 is 33.2 Å². The first-order valence-electron chi connectivity index (χ1n) is 8.29. The molecule has 1 aromatic carbocycles. The summed E-state index contributed by atoms with van der Waals surface area (Å²) in [5.74, 6) is -0.566. The van der Waals surface area contributed by atoms with Crippen LogP contribution in [0, 0.1) is 0 Å². The molecular formula is C17H15ClF3N3O4S. The summed E-state index contributed by atoms with van der Waals surface area (Å²) in [6.07, 6.45) is -3.79. The molecule has 0 radical (unpaired) electrons. The van der Waals surface area contributed by atoms with Gasteiger partial charge in [0.15, 0.2) is 9.84 Å². The second-order valence-electron chi connectivity index (χ2n) is 6.27. The molecular weight excluding hydrogens is 435 g/mol. The molecule has 29 heavy (non-hydrogen) atoms. The lowest BCUT2D eigenvalue weighted by atomic mass is 10.2. The van der Waals surface area contributed by atoms with Crippen molar-refractivity contribution in [2.45, 2.75) is 28.8 Å². The van der Waals surface area contributed by atoms with Crippen molar-refractivity contribution in [1.29, 1.82) is 0 Å². The van der Waals surface area contributed by atoms with E-state index in [-0.39, 0.29) is 24.1 Å². The fraction of sp³-hybridized carbons (Fsp3) is 0.353. The van der Waals surface area contributed by atoms with E-state index in [2.05, 4.69) is 9.97 Å². The normalized spacial score (nSPS) is 20.0. The lowest BCUT2D eigenvalue weighted by Crippen LogP contribution is -2.37. The van der Waals surface area contributed by atoms with Gasteiger partial charge >= 0.3 is 12.1 Å². The Kier molecular flexibility index (Phi) is 5.72. The first-order chi connectivity index (χ1) is 13.6. The van der Waals surface area contributed by atoms with E-state index in [1.807, 2.05) is 0 Å². The van der Waals surface area contributed by atoms with Crippen LogP contribution in [-0.2, 0) is 25.5 Å².